The molecule has 0 saturated carbocycles. The van der Waals surface area contributed by atoms with E-state index in [1.54, 1.807) is 0 Å². The summed E-state index contributed by atoms with van der Waals surface area (Å²) in [4.78, 5) is 8.76. The molecule has 0 fully saturated rings. The molecule has 0 radical (unpaired) electrons. The average molecular weight is 253 g/mol. The van der Waals surface area contributed by atoms with Gasteiger partial charge in [-0.05, 0) is 19.3 Å². The van der Waals surface area contributed by atoms with Gasteiger partial charge >= 0.3 is 0 Å². The first-order valence-corrected chi connectivity index (χ1v) is 6.31. The van der Waals surface area contributed by atoms with Crippen LogP contribution in [-0.4, -0.2) is 28.2 Å². The molecule has 102 valence electrons. The quantitative estimate of drug-likeness (QED) is 0.429. The Kier molecular flexibility index (Phi) is 5.80. The molecule has 1 unspecified atom stereocenters. The molecule has 0 saturated heterocycles. The topological polar surface area (TPSA) is 96.1 Å². The van der Waals surface area contributed by atoms with E-state index >= 15 is 0 Å². The van der Waals surface area contributed by atoms with Crippen LogP contribution in [0, 0.1) is 12.8 Å². The first-order valence-electron chi connectivity index (χ1n) is 6.31. The molecule has 0 aliphatic rings. The van der Waals surface area contributed by atoms with E-state index in [1.165, 1.54) is 0 Å². The van der Waals surface area contributed by atoms with E-state index in [1.807, 2.05) is 13.8 Å². The summed E-state index contributed by atoms with van der Waals surface area (Å²) in [5.74, 6) is 8.05. The SMILES string of the molecule is CCc1nc(NN)c(C)c(NCC(C)CCO)n1. The third kappa shape index (κ3) is 3.82. The molecular weight excluding hydrogens is 230 g/mol. The minimum Gasteiger partial charge on any atom is -0.396 e. The molecule has 1 rings (SSSR count). The fraction of sp³-hybridized carbons (Fsp3) is 0.667. The summed E-state index contributed by atoms with van der Waals surface area (Å²) in [6.45, 7) is 6.99. The number of nitrogens with two attached hydrogens (primary N) is 1. The second-order valence-electron chi connectivity index (χ2n) is 4.46. The van der Waals surface area contributed by atoms with Gasteiger partial charge in [-0.25, -0.2) is 15.8 Å². The van der Waals surface area contributed by atoms with Gasteiger partial charge in [-0.15, -0.1) is 0 Å². The maximum atomic E-state index is 8.87. The van der Waals surface area contributed by atoms with E-state index in [2.05, 4.69) is 27.6 Å². The third-order valence-electron chi connectivity index (χ3n) is 2.88. The number of aliphatic hydroxyl groups is 1. The van der Waals surface area contributed by atoms with Crippen LogP contribution in [-0.2, 0) is 6.42 Å². The lowest BCUT2D eigenvalue weighted by molar-refractivity contribution is 0.266. The predicted molar refractivity (Wildman–Crippen MR) is 73.3 cm³/mol. The number of aliphatic hydroxyl groups excluding tert-OH is 1. The molecule has 1 aromatic rings. The minimum atomic E-state index is 0.210. The highest BCUT2D eigenvalue weighted by Gasteiger charge is 2.10. The van der Waals surface area contributed by atoms with Crippen LogP contribution in [0.25, 0.3) is 0 Å². The zero-order valence-electron chi connectivity index (χ0n) is 11.3. The summed E-state index contributed by atoms with van der Waals surface area (Å²) in [5.41, 5.74) is 3.50. The lowest BCUT2D eigenvalue weighted by Crippen LogP contribution is -2.18. The van der Waals surface area contributed by atoms with E-state index in [4.69, 9.17) is 10.9 Å². The zero-order valence-corrected chi connectivity index (χ0v) is 11.3. The van der Waals surface area contributed by atoms with E-state index in [0.29, 0.717) is 11.7 Å². The Bertz CT molecular complexity index is 383. The Morgan fingerprint density at radius 1 is 1.33 bits per heavy atom. The van der Waals surface area contributed by atoms with E-state index in [-0.39, 0.29) is 6.61 Å². The third-order valence-corrected chi connectivity index (χ3v) is 2.88. The van der Waals surface area contributed by atoms with E-state index in [9.17, 15) is 0 Å². The molecule has 0 amide bonds. The van der Waals surface area contributed by atoms with Gasteiger partial charge in [-0.1, -0.05) is 13.8 Å². The molecule has 0 aliphatic carbocycles. The molecule has 6 nitrogen and oxygen atoms in total. The van der Waals surface area contributed by atoms with Crippen molar-refractivity contribution in [3.05, 3.63) is 11.4 Å². The number of aromatic nitrogens is 2. The molecule has 18 heavy (non-hydrogen) atoms. The van der Waals surface area contributed by atoms with Crippen LogP contribution < -0.4 is 16.6 Å². The molecule has 1 aromatic heterocycles. The Balaban J connectivity index is 2.80. The Hall–Kier alpha value is -1.40. The molecule has 6 heteroatoms. The zero-order chi connectivity index (χ0) is 13.5. The van der Waals surface area contributed by atoms with Crippen LogP contribution in [0.15, 0.2) is 0 Å². The van der Waals surface area contributed by atoms with Crippen LogP contribution in [0.3, 0.4) is 0 Å². The molecule has 0 aromatic carbocycles. The van der Waals surface area contributed by atoms with Gasteiger partial charge in [0.15, 0.2) is 0 Å². The molecule has 0 spiro atoms. The largest absolute Gasteiger partial charge is 0.396 e. The molecule has 1 atom stereocenters. The Labute approximate surface area is 108 Å². The van der Waals surface area contributed by atoms with Crippen molar-refractivity contribution in [1.29, 1.82) is 0 Å². The summed E-state index contributed by atoms with van der Waals surface area (Å²) in [6.07, 6.45) is 1.54. The summed E-state index contributed by atoms with van der Waals surface area (Å²) in [6, 6.07) is 0. The number of nitrogens with zero attached hydrogens (tertiary/aromatic N) is 2. The highest BCUT2D eigenvalue weighted by atomic mass is 16.3. The first-order chi connectivity index (χ1) is 8.62. The van der Waals surface area contributed by atoms with Crippen molar-refractivity contribution in [2.75, 3.05) is 23.9 Å². The average Bonchev–Trinajstić information content (AvgIpc) is 2.38. The number of hydrazine groups is 1. The van der Waals surface area contributed by atoms with Crippen molar-refractivity contribution in [2.45, 2.75) is 33.6 Å². The summed E-state index contributed by atoms with van der Waals surface area (Å²) < 4.78 is 0. The van der Waals surface area contributed by atoms with Crippen molar-refractivity contribution < 1.29 is 5.11 Å². The fourth-order valence-corrected chi connectivity index (χ4v) is 1.63. The van der Waals surface area contributed by atoms with Gasteiger partial charge < -0.3 is 15.8 Å². The Morgan fingerprint density at radius 3 is 2.56 bits per heavy atom. The highest BCUT2D eigenvalue weighted by Crippen LogP contribution is 2.19. The summed E-state index contributed by atoms with van der Waals surface area (Å²) in [5, 5.41) is 12.2. The highest BCUT2D eigenvalue weighted by molar-refractivity contribution is 5.56. The molecule has 1 heterocycles. The number of anilines is 2. The number of aryl methyl sites for hydroxylation is 1. The van der Waals surface area contributed by atoms with Gasteiger partial charge in [0.1, 0.15) is 17.5 Å². The van der Waals surface area contributed by atoms with Crippen LogP contribution in [0.2, 0.25) is 0 Å². The Morgan fingerprint density at radius 2 is 2.00 bits per heavy atom. The van der Waals surface area contributed by atoms with Gasteiger partial charge in [-0.2, -0.15) is 0 Å². The summed E-state index contributed by atoms with van der Waals surface area (Å²) in [7, 11) is 0. The standard InChI is InChI=1S/C12H23N5O/c1-4-10-15-11(9(3)12(16-10)17-13)14-7-8(2)5-6-18/h8,18H,4-7,13H2,1-3H3,(H2,14,15,16,17). The van der Waals surface area contributed by atoms with Crippen LogP contribution >= 0.6 is 0 Å². The maximum absolute atomic E-state index is 8.87. The van der Waals surface area contributed by atoms with Crippen LogP contribution in [0.5, 0.6) is 0 Å². The maximum Gasteiger partial charge on any atom is 0.148 e. The summed E-state index contributed by atoms with van der Waals surface area (Å²) >= 11 is 0. The van der Waals surface area contributed by atoms with Crippen molar-refractivity contribution in [3.8, 4) is 0 Å². The molecule has 5 N–H and O–H groups in total. The van der Waals surface area contributed by atoms with Crippen LogP contribution in [0.1, 0.15) is 31.7 Å². The van der Waals surface area contributed by atoms with Gasteiger partial charge in [-0.3, -0.25) is 0 Å². The number of rotatable bonds is 7. The van der Waals surface area contributed by atoms with E-state index < -0.39 is 0 Å². The number of hydrogen-bond donors (Lipinski definition) is 4. The van der Waals surface area contributed by atoms with Crippen molar-refractivity contribution in [3.63, 3.8) is 0 Å². The number of nitrogen functional groups attached to an aromatic ring is 1. The lowest BCUT2D eigenvalue weighted by atomic mass is 10.1. The smallest absolute Gasteiger partial charge is 0.148 e. The second kappa shape index (κ2) is 7.13. The van der Waals surface area contributed by atoms with Gasteiger partial charge in [0, 0.05) is 25.1 Å². The molecular formula is C12H23N5O. The number of hydrogen-bond acceptors (Lipinski definition) is 6. The van der Waals surface area contributed by atoms with Gasteiger partial charge in [0.25, 0.3) is 0 Å². The monoisotopic (exact) mass is 253 g/mol. The van der Waals surface area contributed by atoms with Crippen LogP contribution in [0.4, 0.5) is 11.6 Å². The van der Waals surface area contributed by atoms with Crippen molar-refractivity contribution >= 4 is 11.6 Å². The minimum absolute atomic E-state index is 0.210. The van der Waals surface area contributed by atoms with Crippen molar-refractivity contribution in [2.24, 2.45) is 11.8 Å². The fourth-order valence-electron chi connectivity index (χ4n) is 1.63. The van der Waals surface area contributed by atoms with Crippen molar-refractivity contribution in [1.82, 2.24) is 9.97 Å². The lowest BCUT2D eigenvalue weighted by Gasteiger charge is -2.15. The van der Waals surface area contributed by atoms with Gasteiger partial charge in [0.05, 0.1) is 0 Å². The molecule has 0 bridgehead atoms. The first kappa shape index (κ1) is 14.7. The van der Waals surface area contributed by atoms with Gasteiger partial charge in [0.2, 0.25) is 0 Å². The number of nitrogens with one attached hydrogen (secondary N) is 2. The normalized spacial score (nSPS) is 12.3. The second-order valence-corrected chi connectivity index (χ2v) is 4.46. The van der Waals surface area contributed by atoms with E-state index in [0.717, 1.165) is 36.6 Å². The molecule has 0 aliphatic heterocycles. The predicted octanol–water partition coefficient (Wildman–Crippen LogP) is 1.06.